The van der Waals surface area contributed by atoms with Gasteiger partial charge in [0.25, 0.3) is 11.6 Å². The van der Waals surface area contributed by atoms with Crippen molar-refractivity contribution in [2.75, 3.05) is 18.5 Å². The first-order chi connectivity index (χ1) is 14.0. The van der Waals surface area contributed by atoms with Crippen LogP contribution in [0.5, 0.6) is 0 Å². The molecule has 0 aromatic heterocycles. The maximum Gasteiger partial charge on any atom is 0.321 e. The second-order valence-electron chi connectivity index (χ2n) is 5.87. The van der Waals surface area contributed by atoms with Gasteiger partial charge in [0, 0.05) is 17.8 Å². The fourth-order valence-electron chi connectivity index (χ4n) is 2.17. The van der Waals surface area contributed by atoms with Crippen LogP contribution in [0.3, 0.4) is 0 Å². The van der Waals surface area contributed by atoms with E-state index in [4.69, 9.17) is 27.9 Å². The molecule has 0 heterocycles. The molecule has 0 saturated heterocycles. The summed E-state index contributed by atoms with van der Waals surface area (Å²) in [5.74, 6) is -1.69. The zero-order valence-electron chi connectivity index (χ0n) is 15.3. The number of sulfonamides is 1. The molecule has 30 heavy (non-hydrogen) atoms. The molecule has 0 aliphatic rings. The van der Waals surface area contributed by atoms with Gasteiger partial charge in [0.05, 0.1) is 19.9 Å². The minimum Gasteiger partial charge on any atom is -0.455 e. The molecular weight excluding hydrogens is 461 g/mol. The van der Waals surface area contributed by atoms with Crippen molar-refractivity contribution in [1.29, 1.82) is 0 Å². The fraction of sp³-hybridized carbons (Fsp3) is 0.176. The molecule has 0 spiro atoms. The van der Waals surface area contributed by atoms with Gasteiger partial charge in [-0.05, 0) is 36.8 Å². The van der Waals surface area contributed by atoms with Crippen LogP contribution in [0.4, 0.5) is 11.4 Å². The van der Waals surface area contributed by atoms with Gasteiger partial charge in [0.15, 0.2) is 6.61 Å². The lowest BCUT2D eigenvalue weighted by atomic mass is 10.2. The van der Waals surface area contributed by atoms with Crippen molar-refractivity contribution < 1.29 is 27.7 Å². The highest BCUT2D eigenvalue weighted by atomic mass is 35.5. The quantitative estimate of drug-likeness (QED) is 0.339. The Bertz CT molecular complexity index is 1110. The molecule has 2 rings (SSSR count). The summed E-state index contributed by atoms with van der Waals surface area (Å²) >= 11 is 11.5. The molecule has 0 unspecified atom stereocenters. The van der Waals surface area contributed by atoms with Gasteiger partial charge < -0.3 is 10.1 Å². The van der Waals surface area contributed by atoms with Gasteiger partial charge in [-0.1, -0.05) is 23.2 Å². The van der Waals surface area contributed by atoms with Crippen molar-refractivity contribution >= 4 is 56.5 Å². The zero-order chi connectivity index (χ0) is 22.5. The third-order valence-electron chi connectivity index (χ3n) is 3.67. The Kier molecular flexibility index (Phi) is 7.73. The SMILES string of the molecule is Cc1cc([N+](=O)[O-])ccc1NC(=O)COC(=O)CNS(=O)(=O)c1ccc(Cl)c(Cl)c1. The molecule has 0 radical (unpaired) electrons. The van der Waals surface area contributed by atoms with E-state index in [1.165, 1.54) is 30.3 Å². The lowest BCUT2D eigenvalue weighted by Gasteiger charge is -2.10. The predicted octanol–water partition coefficient (Wildman–Crippen LogP) is 2.67. The largest absolute Gasteiger partial charge is 0.455 e. The van der Waals surface area contributed by atoms with E-state index in [0.717, 1.165) is 6.07 Å². The number of nitrogens with zero attached hydrogens (tertiary/aromatic N) is 1. The highest BCUT2D eigenvalue weighted by molar-refractivity contribution is 7.89. The van der Waals surface area contributed by atoms with E-state index in [0.29, 0.717) is 11.3 Å². The van der Waals surface area contributed by atoms with Gasteiger partial charge in [0.2, 0.25) is 10.0 Å². The van der Waals surface area contributed by atoms with Gasteiger partial charge in [-0.15, -0.1) is 0 Å². The van der Waals surface area contributed by atoms with E-state index in [2.05, 4.69) is 5.32 Å². The normalized spacial score (nSPS) is 11.0. The van der Waals surface area contributed by atoms with Gasteiger partial charge in [-0.2, -0.15) is 4.72 Å². The molecule has 0 fully saturated rings. The number of carbonyl (C=O) groups excluding carboxylic acids is 2. The van der Waals surface area contributed by atoms with Crippen molar-refractivity contribution in [2.24, 2.45) is 0 Å². The molecule has 10 nitrogen and oxygen atoms in total. The standard InChI is InChI=1S/C17H15Cl2N3O7S/c1-10-6-11(22(25)26)2-5-15(10)21-16(23)9-29-17(24)8-20-30(27,28)12-3-4-13(18)14(19)7-12/h2-7,20H,8-9H2,1H3,(H,21,23). The predicted molar refractivity (Wildman–Crippen MR) is 109 cm³/mol. The number of nitro benzene ring substituents is 1. The van der Waals surface area contributed by atoms with Gasteiger partial charge in [-0.3, -0.25) is 19.7 Å². The molecule has 2 aromatic rings. The lowest BCUT2D eigenvalue weighted by molar-refractivity contribution is -0.384. The van der Waals surface area contributed by atoms with Gasteiger partial charge in [-0.25, -0.2) is 8.42 Å². The van der Waals surface area contributed by atoms with E-state index in [1.807, 2.05) is 4.72 Å². The molecule has 0 bridgehead atoms. The van der Waals surface area contributed by atoms with Crippen molar-refractivity contribution in [2.45, 2.75) is 11.8 Å². The summed E-state index contributed by atoms with van der Waals surface area (Å²) in [6.45, 7) is 0.169. The van der Waals surface area contributed by atoms with Crippen molar-refractivity contribution in [1.82, 2.24) is 4.72 Å². The fourth-order valence-corrected chi connectivity index (χ4v) is 3.52. The Morgan fingerprint density at radius 3 is 2.43 bits per heavy atom. The van der Waals surface area contributed by atoms with E-state index < -0.39 is 40.0 Å². The topological polar surface area (TPSA) is 145 Å². The number of anilines is 1. The zero-order valence-corrected chi connectivity index (χ0v) is 17.7. The number of halogens is 2. The van der Waals surface area contributed by atoms with Crippen LogP contribution in [0.2, 0.25) is 10.0 Å². The first-order valence-electron chi connectivity index (χ1n) is 8.15. The number of aryl methyl sites for hydroxylation is 1. The van der Waals surface area contributed by atoms with Gasteiger partial charge >= 0.3 is 5.97 Å². The van der Waals surface area contributed by atoms with Crippen molar-refractivity contribution in [3.8, 4) is 0 Å². The number of benzene rings is 2. The number of nitro groups is 1. The number of carbonyl (C=O) groups is 2. The summed E-state index contributed by atoms with van der Waals surface area (Å²) < 4.78 is 31.0. The molecule has 2 aromatic carbocycles. The van der Waals surface area contributed by atoms with Crippen LogP contribution in [-0.4, -0.2) is 38.4 Å². The third kappa shape index (κ3) is 6.39. The van der Waals surface area contributed by atoms with E-state index in [-0.39, 0.29) is 20.6 Å². The highest BCUT2D eigenvalue weighted by Crippen LogP contribution is 2.24. The number of amides is 1. The number of non-ortho nitro benzene ring substituents is 1. The van der Waals surface area contributed by atoms with Crippen LogP contribution in [0.25, 0.3) is 0 Å². The monoisotopic (exact) mass is 475 g/mol. The van der Waals surface area contributed by atoms with Crippen LogP contribution >= 0.6 is 23.2 Å². The Morgan fingerprint density at radius 2 is 1.83 bits per heavy atom. The Hall–Kier alpha value is -2.73. The Morgan fingerprint density at radius 1 is 1.13 bits per heavy atom. The van der Waals surface area contributed by atoms with Crippen LogP contribution in [-0.2, 0) is 24.3 Å². The maximum atomic E-state index is 12.1. The van der Waals surface area contributed by atoms with Crippen molar-refractivity contribution in [3.05, 3.63) is 62.1 Å². The molecule has 1 amide bonds. The highest BCUT2D eigenvalue weighted by Gasteiger charge is 2.18. The summed E-state index contributed by atoms with van der Waals surface area (Å²) in [6, 6.07) is 7.46. The average Bonchev–Trinajstić information content (AvgIpc) is 2.68. The first-order valence-corrected chi connectivity index (χ1v) is 10.4. The summed E-state index contributed by atoms with van der Waals surface area (Å²) in [6.07, 6.45) is 0. The second kappa shape index (κ2) is 9.85. The Labute approximate surface area is 181 Å². The minimum absolute atomic E-state index is 0.0281. The molecule has 0 atom stereocenters. The number of esters is 1. The van der Waals surface area contributed by atoms with E-state index in [1.54, 1.807) is 6.92 Å². The minimum atomic E-state index is -4.05. The molecule has 160 valence electrons. The Balaban J connectivity index is 1.86. The number of nitrogens with one attached hydrogen (secondary N) is 2. The smallest absolute Gasteiger partial charge is 0.321 e. The molecule has 13 heteroatoms. The number of hydrogen-bond acceptors (Lipinski definition) is 7. The van der Waals surface area contributed by atoms with E-state index >= 15 is 0 Å². The molecule has 0 aliphatic heterocycles. The number of rotatable bonds is 8. The third-order valence-corrected chi connectivity index (χ3v) is 5.80. The second-order valence-corrected chi connectivity index (χ2v) is 8.45. The molecule has 0 aliphatic carbocycles. The lowest BCUT2D eigenvalue weighted by Crippen LogP contribution is -2.32. The molecule has 2 N–H and O–H groups in total. The first kappa shape index (κ1) is 23.5. The van der Waals surface area contributed by atoms with Crippen LogP contribution < -0.4 is 10.0 Å². The summed E-state index contributed by atoms with van der Waals surface area (Å²) in [5.41, 5.74) is 0.617. The van der Waals surface area contributed by atoms with Crippen LogP contribution in [0.1, 0.15) is 5.56 Å². The van der Waals surface area contributed by atoms with Gasteiger partial charge in [0.1, 0.15) is 6.54 Å². The summed E-state index contributed by atoms with van der Waals surface area (Å²) in [4.78, 5) is 33.6. The summed E-state index contributed by atoms with van der Waals surface area (Å²) in [7, 11) is -4.05. The molecule has 0 saturated carbocycles. The van der Waals surface area contributed by atoms with Crippen molar-refractivity contribution in [3.63, 3.8) is 0 Å². The van der Waals surface area contributed by atoms with E-state index in [9.17, 15) is 28.1 Å². The average molecular weight is 476 g/mol. The molecular formula is C17H15Cl2N3O7S. The number of ether oxygens (including phenoxy) is 1. The maximum absolute atomic E-state index is 12.1. The van der Waals surface area contributed by atoms with Crippen LogP contribution in [0, 0.1) is 17.0 Å². The summed E-state index contributed by atoms with van der Waals surface area (Å²) in [5, 5.41) is 13.4. The number of hydrogen-bond donors (Lipinski definition) is 2. The van der Waals surface area contributed by atoms with Crippen LogP contribution in [0.15, 0.2) is 41.3 Å².